The van der Waals surface area contributed by atoms with Crippen LogP contribution in [0.5, 0.6) is 5.75 Å². The zero-order valence-electron chi connectivity index (χ0n) is 19.4. The van der Waals surface area contributed by atoms with Gasteiger partial charge in [-0.25, -0.2) is 14.8 Å². The summed E-state index contributed by atoms with van der Waals surface area (Å²) in [6.45, 7) is 2.12. The van der Waals surface area contributed by atoms with Gasteiger partial charge in [-0.1, -0.05) is 30.8 Å². The molecular formula is C24H24F3N5O2S. The molecule has 35 heavy (non-hydrogen) atoms. The van der Waals surface area contributed by atoms with Crippen LogP contribution < -0.4 is 15.3 Å². The van der Waals surface area contributed by atoms with Gasteiger partial charge < -0.3 is 14.6 Å². The Labute approximate surface area is 204 Å². The van der Waals surface area contributed by atoms with Crippen molar-refractivity contribution < 1.29 is 17.9 Å². The first-order chi connectivity index (χ1) is 16.7. The monoisotopic (exact) mass is 503 g/mol. The molecule has 0 amide bonds. The predicted octanol–water partition coefficient (Wildman–Crippen LogP) is 5.47. The van der Waals surface area contributed by atoms with Crippen LogP contribution in [-0.4, -0.2) is 39.4 Å². The van der Waals surface area contributed by atoms with E-state index in [1.54, 1.807) is 7.11 Å². The lowest BCUT2D eigenvalue weighted by molar-refractivity contribution is -0.137. The molecule has 1 N–H and O–H groups in total. The molecular weight excluding hydrogens is 479 g/mol. The molecule has 0 radical (unpaired) electrons. The zero-order valence-corrected chi connectivity index (χ0v) is 20.2. The molecule has 2 aromatic carbocycles. The van der Waals surface area contributed by atoms with Crippen LogP contribution in [0.25, 0.3) is 11.2 Å². The third-order valence-corrected chi connectivity index (χ3v) is 6.47. The second-order valence-electron chi connectivity index (χ2n) is 7.84. The molecule has 0 saturated heterocycles. The van der Waals surface area contributed by atoms with Crippen LogP contribution in [0.4, 0.5) is 24.7 Å². The van der Waals surface area contributed by atoms with Gasteiger partial charge in [0.1, 0.15) is 11.3 Å². The Balaban J connectivity index is 1.78. The number of nitrogens with one attached hydrogen (secondary N) is 1. The van der Waals surface area contributed by atoms with Crippen molar-refractivity contribution in [1.82, 2.24) is 19.5 Å². The number of hydrogen-bond acceptors (Lipinski definition) is 6. The zero-order chi connectivity index (χ0) is 25.2. The fraction of sp³-hybridized carbons (Fsp3) is 0.292. The average molecular weight is 504 g/mol. The number of rotatable bonds is 8. The minimum atomic E-state index is -4.42. The van der Waals surface area contributed by atoms with Crippen molar-refractivity contribution in [3.8, 4) is 5.75 Å². The summed E-state index contributed by atoms with van der Waals surface area (Å²) in [5, 5.41) is 0.509. The molecule has 7 nitrogen and oxygen atoms in total. The number of aromatic nitrogens is 4. The van der Waals surface area contributed by atoms with Crippen molar-refractivity contribution in [3.05, 3.63) is 70.1 Å². The Morgan fingerprint density at radius 2 is 1.77 bits per heavy atom. The van der Waals surface area contributed by atoms with Gasteiger partial charge in [0.25, 0.3) is 0 Å². The van der Waals surface area contributed by atoms with E-state index in [4.69, 9.17) is 9.72 Å². The number of H-pyrrole nitrogens is 1. The molecule has 0 unspecified atom stereocenters. The highest BCUT2D eigenvalue weighted by atomic mass is 32.2. The number of thioether (sulfide) groups is 1. The van der Waals surface area contributed by atoms with Gasteiger partial charge in [-0.05, 0) is 48.4 Å². The number of ether oxygens (including phenoxy) is 1. The van der Waals surface area contributed by atoms with Crippen LogP contribution in [-0.2, 0) is 12.7 Å². The van der Waals surface area contributed by atoms with E-state index in [2.05, 4.69) is 9.97 Å². The summed E-state index contributed by atoms with van der Waals surface area (Å²) in [4.78, 5) is 26.9. The van der Waals surface area contributed by atoms with E-state index in [0.717, 1.165) is 30.0 Å². The molecule has 4 rings (SSSR count). The van der Waals surface area contributed by atoms with Gasteiger partial charge in [-0.3, -0.25) is 4.57 Å². The molecule has 0 bridgehead atoms. The Morgan fingerprint density at radius 1 is 1.09 bits per heavy atom. The van der Waals surface area contributed by atoms with Gasteiger partial charge in [0.05, 0.1) is 19.2 Å². The summed E-state index contributed by atoms with van der Waals surface area (Å²) in [7, 11) is 3.43. The van der Waals surface area contributed by atoms with Gasteiger partial charge in [0.15, 0.2) is 16.6 Å². The SMILES string of the molecule is CCCSc1nc(N(C)c2ccc(OC)cc2)c2[nH]c(=O)n(Cc3ccc(C(F)(F)F)cc3)c2n1. The van der Waals surface area contributed by atoms with Gasteiger partial charge in [-0.2, -0.15) is 13.2 Å². The first-order valence-electron chi connectivity index (χ1n) is 10.9. The lowest BCUT2D eigenvalue weighted by Gasteiger charge is -2.20. The number of fused-ring (bicyclic) bond motifs is 1. The number of anilines is 2. The second-order valence-corrected chi connectivity index (χ2v) is 8.91. The molecule has 11 heteroatoms. The van der Waals surface area contributed by atoms with Crippen molar-refractivity contribution in [2.24, 2.45) is 0 Å². The van der Waals surface area contributed by atoms with Gasteiger partial charge in [0, 0.05) is 18.5 Å². The predicted molar refractivity (Wildman–Crippen MR) is 131 cm³/mol. The third-order valence-electron chi connectivity index (χ3n) is 5.42. The van der Waals surface area contributed by atoms with Crippen LogP contribution >= 0.6 is 11.8 Å². The number of halogens is 3. The molecule has 0 fully saturated rings. The number of methoxy groups -OCH3 is 1. The van der Waals surface area contributed by atoms with E-state index < -0.39 is 17.4 Å². The van der Waals surface area contributed by atoms with Crippen molar-refractivity contribution in [2.45, 2.75) is 31.2 Å². The summed E-state index contributed by atoms with van der Waals surface area (Å²) in [5.41, 5.74) is 1.05. The molecule has 0 aliphatic heterocycles. The van der Waals surface area contributed by atoms with Gasteiger partial charge in [0.2, 0.25) is 0 Å². The summed E-state index contributed by atoms with van der Waals surface area (Å²) in [6, 6.07) is 12.2. The number of nitrogens with zero attached hydrogens (tertiary/aromatic N) is 4. The molecule has 4 aromatic rings. The van der Waals surface area contributed by atoms with Crippen LogP contribution in [0.3, 0.4) is 0 Å². The fourth-order valence-corrected chi connectivity index (χ4v) is 4.24. The van der Waals surface area contributed by atoms with E-state index in [1.807, 2.05) is 43.1 Å². The highest BCUT2D eigenvalue weighted by Gasteiger charge is 2.30. The van der Waals surface area contributed by atoms with Crippen LogP contribution in [0.1, 0.15) is 24.5 Å². The minimum absolute atomic E-state index is 0.0670. The molecule has 0 aliphatic carbocycles. The summed E-state index contributed by atoms with van der Waals surface area (Å²) >= 11 is 1.47. The fourth-order valence-electron chi connectivity index (χ4n) is 3.55. The molecule has 0 atom stereocenters. The number of hydrogen-bond donors (Lipinski definition) is 1. The molecule has 0 aliphatic rings. The first-order valence-corrected chi connectivity index (χ1v) is 11.9. The smallest absolute Gasteiger partial charge is 0.416 e. The summed E-state index contributed by atoms with van der Waals surface area (Å²) in [6.07, 6.45) is -3.50. The first kappa shape index (κ1) is 24.6. The molecule has 2 heterocycles. The van der Waals surface area contributed by atoms with E-state index in [-0.39, 0.29) is 6.54 Å². The average Bonchev–Trinajstić information content (AvgIpc) is 3.16. The molecule has 0 spiro atoms. The molecule has 184 valence electrons. The van der Waals surface area contributed by atoms with Gasteiger partial charge >= 0.3 is 11.9 Å². The van der Waals surface area contributed by atoms with Gasteiger partial charge in [-0.15, -0.1) is 0 Å². The van der Waals surface area contributed by atoms with E-state index in [0.29, 0.717) is 33.5 Å². The molecule has 2 aromatic heterocycles. The number of imidazole rings is 1. The summed E-state index contributed by atoms with van der Waals surface area (Å²) < 4.78 is 45.4. The number of benzene rings is 2. The standard InChI is InChI=1S/C24H24F3N5O2S/c1-4-13-35-22-29-20(31(2)17-9-11-18(34-3)12-10-17)19-21(30-22)32(23(33)28-19)14-15-5-7-16(8-6-15)24(25,26)27/h5-12H,4,13-14H2,1-3H3,(H,28,33). The van der Waals surface area contributed by atoms with Crippen LogP contribution in [0.15, 0.2) is 58.5 Å². The maximum Gasteiger partial charge on any atom is 0.416 e. The maximum absolute atomic E-state index is 12.9. The van der Waals surface area contributed by atoms with Crippen molar-refractivity contribution in [1.29, 1.82) is 0 Å². The van der Waals surface area contributed by atoms with Crippen molar-refractivity contribution in [2.75, 3.05) is 24.8 Å². The third kappa shape index (κ3) is 5.29. The summed E-state index contributed by atoms with van der Waals surface area (Å²) in [5.74, 6) is 2.03. The Hall–Kier alpha value is -3.47. The lowest BCUT2D eigenvalue weighted by Crippen LogP contribution is -2.18. The normalized spacial score (nSPS) is 11.7. The topological polar surface area (TPSA) is 76.0 Å². The van der Waals surface area contributed by atoms with Crippen molar-refractivity contribution in [3.63, 3.8) is 0 Å². The highest BCUT2D eigenvalue weighted by molar-refractivity contribution is 7.99. The number of alkyl halides is 3. The van der Waals surface area contributed by atoms with E-state index in [9.17, 15) is 18.0 Å². The second kappa shape index (κ2) is 10.0. The number of aromatic amines is 1. The highest BCUT2D eigenvalue weighted by Crippen LogP contribution is 2.32. The largest absolute Gasteiger partial charge is 0.497 e. The quantitative estimate of drug-likeness (QED) is 0.254. The van der Waals surface area contributed by atoms with Crippen molar-refractivity contribution >= 4 is 34.4 Å². The Bertz CT molecular complexity index is 1370. The lowest BCUT2D eigenvalue weighted by atomic mass is 10.1. The Morgan fingerprint density at radius 3 is 2.37 bits per heavy atom. The van der Waals surface area contributed by atoms with Crippen LogP contribution in [0, 0.1) is 0 Å². The maximum atomic E-state index is 12.9. The molecule has 0 saturated carbocycles. The van der Waals surface area contributed by atoms with Crippen LogP contribution in [0.2, 0.25) is 0 Å². The Kier molecular flexibility index (Phi) is 7.06. The van der Waals surface area contributed by atoms with E-state index in [1.165, 1.54) is 28.5 Å². The van der Waals surface area contributed by atoms with E-state index >= 15 is 0 Å². The minimum Gasteiger partial charge on any atom is -0.497 e.